The number of benzene rings is 2. The molecule has 2 aromatic rings. The molecule has 0 radical (unpaired) electrons. The first-order valence-corrected chi connectivity index (χ1v) is 8.26. The van der Waals surface area contributed by atoms with Gasteiger partial charge in [0.1, 0.15) is 11.5 Å². The molecule has 2 rings (SSSR count). The van der Waals surface area contributed by atoms with Crippen LogP contribution in [0.25, 0.3) is 0 Å². The summed E-state index contributed by atoms with van der Waals surface area (Å²) in [6, 6.07) is 8.45. The van der Waals surface area contributed by atoms with Crippen molar-refractivity contribution in [2.75, 3.05) is 20.3 Å². The molecule has 0 bridgehead atoms. The molecule has 0 atom stereocenters. The third kappa shape index (κ3) is 5.63. The van der Waals surface area contributed by atoms with E-state index in [0.717, 1.165) is 6.07 Å². The molecule has 0 saturated carbocycles. The Labute approximate surface area is 161 Å². The van der Waals surface area contributed by atoms with Crippen molar-refractivity contribution in [2.24, 2.45) is 5.10 Å². The lowest BCUT2D eigenvalue weighted by Gasteiger charge is -2.10. The third-order valence-electron chi connectivity index (χ3n) is 3.44. The van der Waals surface area contributed by atoms with Gasteiger partial charge in [-0.15, -0.1) is 0 Å². The third-order valence-corrected chi connectivity index (χ3v) is 3.44. The maximum Gasteiger partial charge on any atom is 0.344 e. The fraction of sp³-hybridized carbons (Fsp3) is 0.211. The molecule has 0 heterocycles. The molecule has 0 aliphatic heterocycles. The Bertz CT molecular complexity index is 881. The molecular weight excluding hydrogens is 368 g/mol. The predicted octanol–water partition coefficient (Wildman–Crippen LogP) is 1.81. The number of hydrazone groups is 1. The van der Waals surface area contributed by atoms with Crippen LogP contribution in [0, 0.1) is 0 Å². The second kappa shape index (κ2) is 9.81. The first-order valence-electron chi connectivity index (χ1n) is 8.26. The minimum Gasteiger partial charge on any atom is -0.508 e. The van der Waals surface area contributed by atoms with E-state index in [9.17, 15) is 19.8 Å². The fourth-order valence-electron chi connectivity index (χ4n) is 2.16. The highest BCUT2D eigenvalue weighted by Gasteiger charge is 2.11. The van der Waals surface area contributed by atoms with Crippen LogP contribution in [0.2, 0.25) is 0 Å². The van der Waals surface area contributed by atoms with Crippen LogP contribution >= 0.6 is 0 Å². The van der Waals surface area contributed by atoms with E-state index in [2.05, 4.69) is 10.5 Å². The zero-order chi connectivity index (χ0) is 20.5. The van der Waals surface area contributed by atoms with E-state index < -0.39 is 11.9 Å². The molecule has 148 valence electrons. The summed E-state index contributed by atoms with van der Waals surface area (Å²) in [6.07, 6.45) is 1.37. The molecule has 0 aromatic heterocycles. The summed E-state index contributed by atoms with van der Waals surface area (Å²) < 4.78 is 15.4. The summed E-state index contributed by atoms with van der Waals surface area (Å²) >= 11 is 0. The average molecular weight is 388 g/mol. The van der Waals surface area contributed by atoms with Gasteiger partial charge in [-0.1, -0.05) is 0 Å². The first-order chi connectivity index (χ1) is 13.4. The van der Waals surface area contributed by atoms with E-state index in [0.29, 0.717) is 17.1 Å². The number of phenols is 2. The lowest BCUT2D eigenvalue weighted by molar-refractivity contribution is -0.145. The van der Waals surface area contributed by atoms with Crippen molar-refractivity contribution in [3.05, 3.63) is 47.5 Å². The minimum atomic E-state index is -0.643. The Hall–Kier alpha value is -3.75. The standard InChI is InChI=1S/C19H20N2O7/c1-3-27-18(24)11-28-16-7-4-12(8-17(16)26-2)10-20-21-19(25)14-6-5-13(22)9-15(14)23/h4-10,22-23H,3,11H2,1-2H3,(H,21,25). The van der Waals surface area contributed by atoms with E-state index in [1.807, 2.05) is 0 Å². The van der Waals surface area contributed by atoms with Crippen molar-refractivity contribution in [1.82, 2.24) is 5.43 Å². The van der Waals surface area contributed by atoms with Crippen LogP contribution in [-0.2, 0) is 9.53 Å². The number of carbonyl (C=O) groups is 2. The van der Waals surface area contributed by atoms with Crippen molar-refractivity contribution >= 4 is 18.1 Å². The van der Waals surface area contributed by atoms with Gasteiger partial charge in [0.2, 0.25) is 0 Å². The number of methoxy groups -OCH3 is 1. The summed E-state index contributed by atoms with van der Waals surface area (Å²) in [4.78, 5) is 23.4. The molecule has 9 nitrogen and oxygen atoms in total. The Morgan fingerprint density at radius 2 is 1.93 bits per heavy atom. The molecule has 0 fully saturated rings. The number of ether oxygens (including phenoxy) is 3. The number of carbonyl (C=O) groups excluding carboxylic acids is 2. The number of hydrogen-bond acceptors (Lipinski definition) is 8. The van der Waals surface area contributed by atoms with Crippen LogP contribution in [0.1, 0.15) is 22.8 Å². The minimum absolute atomic E-state index is 0.0322. The lowest BCUT2D eigenvalue weighted by Crippen LogP contribution is -2.17. The van der Waals surface area contributed by atoms with E-state index in [1.54, 1.807) is 25.1 Å². The number of rotatable bonds is 8. The van der Waals surface area contributed by atoms with Gasteiger partial charge in [0, 0.05) is 6.07 Å². The maximum absolute atomic E-state index is 12.0. The quantitative estimate of drug-likeness (QED) is 0.358. The number of amides is 1. The van der Waals surface area contributed by atoms with Crippen molar-refractivity contribution in [3.8, 4) is 23.0 Å². The highest BCUT2D eigenvalue weighted by Crippen LogP contribution is 2.27. The smallest absolute Gasteiger partial charge is 0.344 e. The molecule has 1 amide bonds. The van der Waals surface area contributed by atoms with E-state index >= 15 is 0 Å². The molecule has 0 aliphatic rings. The maximum atomic E-state index is 12.0. The van der Waals surface area contributed by atoms with Gasteiger partial charge in [-0.2, -0.15) is 5.10 Å². The topological polar surface area (TPSA) is 127 Å². The Balaban J connectivity index is 2.01. The van der Waals surface area contributed by atoms with Crippen molar-refractivity contribution in [1.29, 1.82) is 0 Å². The van der Waals surface area contributed by atoms with Crippen LogP contribution < -0.4 is 14.9 Å². The second-order valence-corrected chi connectivity index (χ2v) is 5.40. The number of phenolic OH excluding ortho intramolecular Hbond substituents is 2. The Morgan fingerprint density at radius 3 is 2.61 bits per heavy atom. The van der Waals surface area contributed by atoms with Crippen LogP contribution in [0.3, 0.4) is 0 Å². The Kier molecular flexibility index (Phi) is 7.21. The fourth-order valence-corrected chi connectivity index (χ4v) is 2.16. The van der Waals surface area contributed by atoms with Crippen molar-refractivity contribution < 1.29 is 34.0 Å². The van der Waals surface area contributed by atoms with Crippen LogP contribution in [0.4, 0.5) is 0 Å². The summed E-state index contributed by atoms with van der Waals surface area (Å²) in [5.74, 6) is -0.931. The highest BCUT2D eigenvalue weighted by atomic mass is 16.6. The molecule has 9 heteroatoms. The second-order valence-electron chi connectivity index (χ2n) is 5.40. The normalized spacial score (nSPS) is 10.5. The molecular formula is C19H20N2O7. The molecule has 0 spiro atoms. The number of hydrogen-bond donors (Lipinski definition) is 3. The van der Waals surface area contributed by atoms with Gasteiger partial charge < -0.3 is 24.4 Å². The summed E-state index contributed by atoms with van der Waals surface area (Å²) in [5, 5.41) is 22.7. The predicted molar refractivity (Wildman–Crippen MR) is 100.0 cm³/mol. The summed E-state index contributed by atoms with van der Waals surface area (Å²) in [6.45, 7) is 1.72. The summed E-state index contributed by atoms with van der Waals surface area (Å²) in [7, 11) is 1.45. The zero-order valence-electron chi connectivity index (χ0n) is 15.3. The number of nitrogens with one attached hydrogen (secondary N) is 1. The van der Waals surface area contributed by atoms with E-state index in [-0.39, 0.29) is 30.3 Å². The molecule has 0 aliphatic carbocycles. The molecule has 0 unspecified atom stereocenters. The first kappa shape index (κ1) is 20.6. The summed E-state index contributed by atoms with van der Waals surface area (Å²) in [5.41, 5.74) is 2.83. The molecule has 28 heavy (non-hydrogen) atoms. The molecule has 0 saturated heterocycles. The Morgan fingerprint density at radius 1 is 1.14 bits per heavy atom. The van der Waals surface area contributed by atoms with Gasteiger partial charge in [0.25, 0.3) is 5.91 Å². The number of aromatic hydroxyl groups is 2. The monoisotopic (exact) mass is 388 g/mol. The van der Waals surface area contributed by atoms with Gasteiger partial charge in [-0.3, -0.25) is 4.79 Å². The molecule has 2 aromatic carbocycles. The van der Waals surface area contributed by atoms with Gasteiger partial charge >= 0.3 is 5.97 Å². The van der Waals surface area contributed by atoms with Crippen LogP contribution in [-0.4, -0.2) is 48.6 Å². The van der Waals surface area contributed by atoms with Gasteiger partial charge in [0.05, 0.1) is 25.5 Å². The van der Waals surface area contributed by atoms with Gasteiger partial charge in [-0.25, -0.2) is 10.2 Å². The van der Waals surface area contributed by atoms with Crippen molar-refractivity contribution in [2.45, 2.75) is 6.92 Å². The molecule has 3 N–H and O–H groups in total. The average Bonchev–Trinajstić information content (AvgIpc) is 2.66. The van der Waals surface area contributed by atoms with E-state index in [4.69, 9.17) is 14.2 Å². The highest BCUT2D eigenvalue weighted by molar-refractivity contribution is 5.97. The van der Waals surface area contributed by atoms with Crippen molar-refractivity contribution in [3.63, 3.8) is 0 Å². The largest absolute Gasteiger partial charge is 0.508 e. The lowest BCUT2D eigenvalue weighted by atomic mass is 10.2. The van der Waals surface area contributed by atoms with Crippen LogP contribution in [0.15, 0.2) is 41.5 Å². The SMILES string of the molecule is CCOC(=O)COc1ccc(C=NNC(=O)c2ccc(O)cc2O)cc1OC. The van der Waals surface area contributed by atoms with Gasteiger partial charge in [-0.05, 0) is 42.8 Å². The number of nitrogens with zero attached hydrogens (tertiary/aromatic N) is 1. The number of esters is 1. The van der Waals surface area contributed by atoms with Gasteiger partial charge in [0.15, 0.2) is 18.1 Å². The zero-order valence-corrected chi connectivity index (χ0v) is 15.3. The van der Waals surface area contributed by atoms with E-state index in [1.165, 1.54) is 25.5 Å². The van der Waals surface area contributed by atoms with Crippen LogP contribution in [0.5, 0.6) is 23.0 Å².